The lowest BCUT2D eigenvalue weighted by Gasteiger charge is -2.26. The minimum absolute atomic E-state index is 0.178. The second-order valence-electron chi connectivity index (χ2n) is 5.52. The summed E-state index contributed by atoms with van der Waals surface area (Å²) in [6.45, 7) is 7.15. The van der Waals surface area contributed by atoms with E-state index in [1.807, 2.05) is 6.07 Å². The third-order valence-electron chi connectivity index (χ3n) is 3.67. The van der Waals surface area contributed by atoms with Gasteiger partial charge in [-0.2, -0.15) is 5.26 Å². The van der Waals surface area contributed by atoms with Crippen molar-refractivity contribution >= 4 is 11.9 Å². The molecule has 1 unspecified atom stereocenters. The fraction of sp³-hybridized carbons (Fsp3) is 0.500. The van der Waals surface area contributed by atoms with Crippen molar-refractivity contribution in [3.8, 4) is 17.2 Å². The van der Waals surface area contributed by atoms with Crippen LogP contribution in [0, 0.1) is 22.7 Å². The number of carbonyl (C=O) groups excluding carboxylic acids is 2. The van der Waals surface area contributed by atoms with E-state index in [0.717, 1.165) is 0 Å². The Morgan fingerprint density at radius 2 is 1.74 bits per heavy atom. The number of hydrogen-bond donors (Lipinski definition) is 0. The molecule has 5 heteroatoms. The normalized spacial score (nSPS) is 13.0. The largest absolute Gasteiger partial charge is 0.466 e. The van der Waals surface area contributed by atoms with Crippen LogP contribution in [0.15, 0.2) is 24.3 Å². The van der Waals surface area contributed by atoms with Crippen molar-refractivity contribution in [2.24, 2.45) is 11.3 Å². The Bertz CT molecular complexity index is 586. The Morgan fingerprint density at radius 1 is 1.17 bits per heavy atom. The van der Waals surface area contributed by atoms with Gasteiger partial charge in [-0.25, -0.2) is 0 Å². The van der Waals surface area contributed by atoms with Crippen LogP contribution in [-0.4, -0.2) is 25.2 Å². The van der Waals surface area contributed by atoms with Crippen LogP contribution < -0.4 is 0 Å². The van der Waals surface area contributed by atoms with Crippen LogP contribution >= 0.6 is 0 Å². The number of nitrogens with zero attached hydrogens (tertiary/aromatic N) is 1. The summed E-state index contributed by atoms with van der Waals surface area (Å²) in [5, 5.41) is 9.20. The predicted molar refractivity (Wildman–Crippen MR) is 86.2 cm³/mol. The Morgan fingerprint density at radius 3 is 2.04 bits per heavy atom. The Kier molecular flexibility index (Phi) is 6.77. The van der Waals surface area contributed by atoms with E-state index in [2.05, 4.69) is 24.3 Å². The molecule has 0 aromatic carbocycles. The van der Waals surface area contributed by atoms with Crippen LogP contribution in [0.1, 0.15) is 34.1 Å². The number of nitriles is 1. The number of rotatable bonds is 6. The van der Waals surface area contributed by atoms with Crippen LogP contribution in [-0.2, 0) is 19.1 Å². The first-order valence-corrected chi connectivity index (χ1v) is 7.75. The zero-order chi connectivity index (χ0) is 17.5. The van der Waals surface area contributed by atoms with Crippen molar-refractivity contribution in [1.29, 1.82) is 5.26 Å². The number of ether oxygens (including phenoxy) is 2. The highest BCUT2D eigenvalue weighted by Gasteiger charge is 2.46. The molecule has 0 amide bonds. The van der Waals surface area contributed by atoms with Gasteiger partial charge in [0.1, 0.15) is 0 Å². The Balaban J connectivity index is 0.000000354. The maximum absolute atomic E-state index is 11.8. The molecule has 0 aromatic heterocycles. The molecule has 2 aliphatic rings. The van der Waals surface area contributed by atoms with Gasteiger partial charge in [0.2, 0.25) is 0 Å². The molecule has 1 atom stereocenters. The topological polar surface area (TPSA) is 76.4 Å². The van der Waals surface area contributed by atoms with Gasteiger partial charge in [0.15, 0.2) is 5.41 Å². The lowest BCUT2D eigenvalue weighted by molar-refractivity contribution is -0.161. The van der Waals surface area contributed by atoms with Gasteiger partial charge in [-0.05, 0) is 37.0 Å². The quantitative estimate of drug-likeness (QED) is 0.764. The molecule has 2 rings (SSSR count). The fourth-order valence-electron chi connectivity index (χ4n) is 2.10. The zero-order valence-electron chi connectivity index (χ0n) is 14.1. The second-order valence-corrected chi connectivity index (χ2v) is 5.52. The molecular weight excluding hydrogens is 294 g/mol. The van der Waals surface area contributed by atoms with Gasteiger partial charge in [0, 0.05) is 0 Å². The summed E-state index contributed by atoms with van der Waals surface area (Å²) in [4.78, 5) is 23.3. The first-order valence-electron chi connectivity index (χ1n) is 7.75. The molecule has 2 aliphatic carbocycles. The van der Waals surface area contributed by atoms with Gasteiger partial charge in [0.25, 0.3) is 0 Å². The van der Waals surface area contributed by atoms with Crippen molar-refractivity contribution in [2.45, 2.75) is 34.1 Å². The molecule has 0 saturated heterocycles. The van der Waals surface area contributed by atoms with E-state index in [1.165, 1.54) is 11.1 Å². The van der Waals surface area contributed by atoms with Gasteiger partial charge in [-0.1, -0.05) is 32.0 Å². The lowest BCUT2D eigenvalue weighted by atomic mass is 9.76. The smallest absolute Gasteiger partial charge is 0.327 e. The summed E-state index contributed by atoms with van der Waals surface area (Å²) in [7, 11) is 0. The van der Waals surface area contributed by atoms with Crippen LogP contribution in [0.2, 0.25) is 0 Å². The zero-order valence-corrected chi connectivity index (χ0v) is 14.1. The predicted octanol–water partition coefficient (Wildman–Crippen LogP) is 3.34. The first kappa shape index (κ1) is 18.7. The Labute approximate surface area is 137 Å². The van der Waals surface area contributed by atoms with E-state index < -0.39 is 17.4 Å². The third kappa shape index (κ3) is 4.82. The van der Waals surface area contributed by atoms with Crippen molar-refractivity contribution in [3.63, 3.8) is 0 Å². The molecule has 0 fully saturated rings. The molecule has 0 aliphatic heterocycles. The van der Waals surface area contributed by atoms with E-state index in [0.29, 0.717) is 0 Å². The van der Waals surface area contributed by atoms with Crippen molar-refractivity contribution in [2.75, 3.05) is 13.2 Å². The molecular formula is C18H23NO4. The van der Waals surface area contributed by atoms with Gasteiger partial charge in [-0.3, -0.25) is 9.59 Å². The van der Waals surface area contributed by atoms with E-state index in [4.69, 9.17) is 9.47 Å². The molecule has 0 N–H and O–H groups in total. The summed E-state index contributed by atoms with van der Waals surface area (Å²) < 4.78 is 9.65. The van der Waals surface area contributed by atoms with Crippen LogP contribution in [0.3, 0.4) is 0 Å². The molecule has 23 heavy (non-hydrogen) atoms. The minimum atomic E-state index is -1.46. The standard InChI is InChI=1S/C12H19NO4.C6H4/c1-5-16-10(14)7-12(8-13,9(3)4)11(15)17-6-2;1-2-5-4-6(5)3-1/h9H,5-7H2,1-4H3;1-4H. The summed E-state index contributed by atoms with van der Waals surface area (Å²) in [6.07, 6.45) is -0.270. The van der Waals surface area contributed by atoms with E-state index in [-0.39, 0.29) is 25.6 Å². The van der Waals surface area contributed by atoms with Gasteiger partial charge >= 0.3 is 11.9 Å². The number of fused-ring (bicyclic) bond motifs is 1. The third-order valence-corrected chi connectivity index (χ3v) is 3.67. The van der Waals surface area contributed by atoms with Crippen molar-refractivity contribution in [1.82, 2.24) is 0 Å². The fourth-order valence-corrected chi connectivity index (χ4v) is 2.10. The molecule has 0 bridgehead atoms. The maximum atomic E-state index is 11.8. The first-order chi connectivity index (χ1) is 10.9. The Hall–Kier alpha value is -2.35. The van der Waals surface area contributed by atoms with Crippen molar-refractivity contribution in [3.05, 3.63) is 24.3 Å². The number of carbonyl (C=O) groups is 2. The summed E-state index contributed by atoms with van der Waals surface area (Å²) in [6, 6.07) is 10.4. The lowest BCUT2D eigenvalue weighted by Crippen LogP contribution is -2.39. The molecule has 0 aromatic rings. The average Bonchev–Trinajstić information content (AvgIpc) is 3.11. The average molecular weight is 317 g/mol. The van der Waals surface area contributed by atoms with Crippen LogP contribution in [0.5, 0.6) is 0 Å². The molecule has 0 spiro atoms. The maximum Gasteiger partial charge on any atom is 0.327 e. The van der Waals surface area contributed by atoms with Gasteiger partial charge < -0.3 is 9.47 Å². The molecule has 0 heterocycles. The van der Waals surface area contributed by atoms with E-state index in [1.54, 1.807) is 27.7 Å². The van der Waals surface area contributed by atoms with Crippen LogP contribution in [0.25, 0.3) is 11.1 Å². The van der Waals surface area contributed by atoms with E-state index in [9.17, 15) is 14.9 Å². The highest BCUT2D eigenvalue weighted by atomic mass is 16.5. The molecule has 124 valence electrons. The summed E-state index contributed by atoms with van der Waals surface area (Å²) in [5.41, 5.74) is 1.40. The number of benzene rings is 1. The monoisotopic (exact) mass is 317 g/mol. The number of esters is 2. The molecule has 0 radical (unpaired) electrons. The second kappa shape index (κ2) is 8.33. The van der Waals surface area contributed by atoms with E-state index >= 15 is 0 Å². The highest BCUT2D eigenvalue weighted by molar-refractivity contribution is 5.86. The van der Waals surface area contributed by atoms with Crippen LogP contribution in [0.4, 0.5) is 0 Å². The SMILES string of the molecule is CCOC(=O)CC(C#N)(C(=O)OCC)C(C)C.c1cc2cc-2c1. The minimum Gasteiger partial charge on any atom is -0.466 e. The summed E-state index contributed by atoms with van der Waals surface area (Å²) >= 11 is 0. The van der Waals surface area contributed by atoms with Crippen molar-refractivity contribution < 1.29 is 19.1 Å². The number of hydrogen-bond acceptors (Lipinski definition) is 5. The van der Waals surface area contributed by atoms with Gasteiger partial charge in [-0.15, -0.1) is 0 Å². The summed E-state index contributed by atoms with van der Waals surface area (Å²) in [5.74, 6) is -1.54. The highest BCUT2D eigenvalue weighted by Crippen LogP contribution is 2.33. The molecule has 5 nitrogen and oxygen atoms in total. The van der Waals surface area contributed by atoms with Gasteiger partial charge in [0.05, 0.1) is 25.7 Å². The molecule has 0 saturated carbocycles.